The van der Waals surface area contributed by atoms with Crippen molar-refractivity contribution in [1.82, 2.24) is 20.0 Å². The molecule has 1 aliphatic rings. The molecular weight excluding hydrogens is 376 g/mol. The fraction of sp³-hybridized carbons (Fsp3) is 0.333. The lowest BCUT2D eigenvalue weighted by molar-refractivity contribution is -0.0704. The Morgan fingerprint density at radius 2 is 1.67 bits per heavy atom. The van der Waals surface area contributed by atoms with Crippen LogP contribution >= 0.6 is 0 Å². The van der Waals surface area contributed by atoms with E-state index in [-0.39, 0.29) is 18.1 Å². The minimum Gasteiger partial charge on any atom is -0.373 e. The van der Waals surface area contributed by atoms with E-state index in [0.29, 0.717) is 12.2 Å². The fourth-order valence-electron chi connectivity index (χ4n) is 3.88. The van der Waals surface area contributed by atoms with Crippen molar-refractivity contribution in [3.63, 3.8) is 0 Å². The number of nitrogens with one attached hydrogen (secondary N) is 1. The minimum atomic E-state index is -0.176. The molecule has 2 aromatic carbocycles. The van der Waals surface area contributed by atoms with Crippen molar-refractivity contribution in [2.45, 2.75) is 39.1 Å². The summed E-state index contributed by atoms with van der Waals surface area (Å²) in [5.41, 5.74) is 3.67. The van der Waals surface area contributed by atoms with E-state index in [9.17, 15) is 4.79 Å². The lowest BCUT2D eigenvalue weighted by Crippen LogP contribution is -2.44. The average Bonchev–Trinajstić information content (AvgIpc) is 3.23. The summed E-state index contributed by atoms with van der Waals surface area (Å²) in [5, 5.41) is 7.32. The molecule has 2 unspecified atom stereocenters. The van der Waals surface area contributed by atoms with E-state index in [1.54, 1.807) is 16.9 Å². The molecule has 1 saturated heterocycles. The maximum Gasteiger partial charge on any atom is 0.272 e. The van der Waals surface area contributed by atoms with E-state index in [0.717, 1.165) is 30.9 Å². The van der Waals surface area contributed by atoms with Gasteiger partial charge in [0.25, 0.3) is 5.91 Å². The van der Waals surface area contributed by atoms with Crippen LogP contribution in [-0.2, 0) is 17.8 Å². The summed E-state index contributed by atoms with van der Waals surface area (Å²) in [5.74, 6) is -0.176. The maximum absolute atomic E-state index is 12.4. The molecule has 0 aliphatic carbocycles. The van der Waals surface area contributed by atoms with Crippen molar-refractivity contribution < 1.29 is 9.53 Å². The Morgan fingerprint density at radius 3 is 2.37 bits per heavy atom. The molecule has 1 amide bonds. The van der Waals surface area contributed by atoms with Gasteiger partial charge in [0, 0.05) is 32.4 Å². The van der Waals surface area contributed by atoms with Crippen molar-refractivity contribution >= 4 is 5.91 Å². The van der Waals surface area contributed by atoms with Crippen molar-refractivity contribution in [2.75, 3.05) is 13.1 Å². The molecule has 3 aromatic rings. The van der Waals surface area contributed by atoms with Gasteiger partial charge in [-0.1, -0.05) is 42.5 Å². The average molecular weight is 405 g/mol. The van der Waals surface area contributed by atoms with Crippen molar-refractivity contribution in [3.8, 4) is 5.69 Å². The third-order valence-corrected chi connectivity index (χ3v) is 5.22. The summed E-state index contributed by atoms with van der Waals surface area (Å²) in [6.07, 6.45) is 2.34. The van der Waals surface area contributed by atoms with Crippen molar-refractivity contribution in [1.29, 1.82) is 0 Å². The predicted octanol–water partition coefficient (Wildman–Crippen LogP) is 3.41. The second kappa shape index (κ2) is 9.24. The minimum absolute atomic E-state index is 0.176. The van der Waals surface area contributed by atoms with Crippen LogP contribution in [0, 0.1) is 0 Å². The number of hydrogen-bond acceptors (Lipinski definition) is 4. The second-order valence-electron chi connectivity index (χ2n) is 7.93. The van der Waals surface area contributed by atoms with Crippen molar-refractivity contribution in [3.05, 3.63) is 83.7 Å². The third kappa shape index (κ3) is 5.14. The van der Waals surface area contributed by atoms with Crippen LogP contribution in [0.5, 0.6) is 0 Å². The summed E-state index contributed by atoms with van der Waals surface area (Å²) < 4.78 is 7.51. The van der Waals surface area contributed by atoms with Crippen LogP contribution in [0.1, 0.15) is 35.5 Å². The number of nitrogens with zero attached hydrogens (tertiary/aromatic N) is 3. The first-order chi connectivity index (χ1) is 14.6. The molecule has 4 rings (SSSR count). The Morgan fingerprint density at radius 1 is 1.00 bits per heavy atom. The first-order valence-electron chi connectivity index (χ1n) is 10.4. The van der Waals surface area contributed by atoms with Gasteiger partial charge in [0.15, 0.2) is 5.69 Å². The van der Waals surface area contributed by atoms with Gasteiger partial charge in [0.05, 0.1) is 17.9 Å². The standard InChI is InChI=1S/C24H28N4O2/c1-18-15-27(16-19(2)30-18)17-21-10-8-20(9-11-21)14-25-24(29)23-12-13-28(26-23)22-6-4-3-5-7-22/h3-13,18-19H,14-17H2,1-2H3,(H,25,29). The highest BCUT2D eigenvalue weighted by molar-refractivity contribution is 5.92. The number of amides is 1. The number of carbonyl (C=O) groups excluding carboxylic acids is 1. The van der Waals surface area contributed by atoms with Crippen LogP contribution in [0.25, 0.3) is 5.69 Å². The number of aromatic nitrogens is 2. The first kappa shape index (κ1) is 20.3. The number of carbonyl (C=O) groups is 1. The molecule has 0 bridgehead atoms. The highest BCUT2D eigenvalue weighted by atomic mass is 16.5. The van der Waals surface area contributed by atoms with E-state index in [2.05, 4.69) is 53.4 Å². The van der Waals surface area contributed by atoms with Crippen LogP contribution in [0.4, 0.5) is 0 Å². The molecule has 6 heteroatoms. The van der Waals surface area contributed by atoms with Gasteiger partial charge in [-0.2, -0.15) is 5.10 Å². The molecule has 0 saturated carbocycles. The van der Waals surface area contributed by atoms with Gasteiger partial charge in [-0.25, -0.2) is 4.68 Å². The number of benzene rings is 2. The van der Waals surface area contributed by atoms with Gasteiger partial charge in [-0.05, 0) is 43.2 Å². The third-order valence-electron chi connectivity index (χ3n) is 5.22. The molecule has 0 radical (unpaired) electrons. The SMILES string of the molecule is CC1CN(Cc2ccc(CNC(=O)c3ccn(-c4ccccc4)n3)cc2)CC(C)O1. The van der Waals surface area contributed by atoms with E-state index < -0.39 is 0 Å². The number of rotatable bonds is 6. The topological polar surface area (TPSA) is 59.4 Å². The molecule has 6 nitrogen and oxygen atoms in total. The maximum atomic E-state index is 12.4. The lowest BCUT2D eigenvalue weighted by atomic mass is 10.1. The Bertz CT molecular complexity index is 958. The Balaban J connectivity index is 1.30. The summed E-state index contributed by atoms with van der Waals surface area (Å²) >= 11 is 0. The Labute approximate surface area is 177 Å². The summed E-state index contributed by atoms with van der Waals surface area (Å²) in [7, 11) is 0. The predicted molar refractivity (Wildman–Crippen MR) is 116 cm³/mol. The highest BCUT2D eigenvalue weighted by Gasteiger charge is 2.21. The molecule has 156 valence electrons. The zero-order valence-corrected chi connectivity index (χ0v) is 17.5. The Hall–Kier alpha value is -2.96. The number of hydrogen-bond donors (Lipinski definition) is 1. The van der Waals surface area contributed by atoms with Crippen LogP contribution in [0.15, 0.2) is 66.9 Å². The molecule has 2 atom stereocenters. The zero-order chi connectivity index (χ0) is 20.9. The molecule has 2 heterocycles. The molecule has 0 spiro atoms. The van der Waals surface area contributed by atoms with Gasteiger partial charge in [-0.3, -0.25) is 9.69 Å². The van der Waals surface area contributed by atoms with E-state index in [1.807, 2.05) is 30.3 Å². The molecule has 1 fully saturated rings. The molecular formula is C24H28N4O2. The largest absolute Gasteiger partial charge is 0.373 e. The van der Waals surface area contributed by atoms with Crippen LogP contribution in [0.3, 0.4) is 0 Å². The van der Waals surface area contributed by atoms with E-state index in [4.69, 9.17) is 4.74 Å². The molecule has 1 N–H and O–H groups in total. The Kier molecular flexibility index (Phi) is 6.26. The number of para-hydroxylation sites is 1. The van der Waals surface area contributed by atoms with Crippen LogP contribution < -0.4 is 5.32 Å². The first-order valence-corrected chi connectivity index (χ1v) is 10.4. The summed E-state index contributed by atoms with van der Waals surface area (Å²) in [6, 6.07) is 19.9. The van der Waals surface area contributed by atoms with Crippen molar-refractivity contribution in [2.24, 2.45) is 0 Å². The van der Waals surface area contributed by atoms with Gasteiger partial charge in [0.1, 0.15) is 0 Å². The van der Waals surface area contributed by atoms with Gasteiger partial charge in [0.2, 0.25) is 0 Å². The zero-order valence-electron chi connectivity index (χ0n) is 17.5. The molecule has 30 heavy (non-hydrogen) atoms. The smallest absolute Gasteiger partial charge is 0.272 e. The quantitative estimate of drug-likeness (QED) is 0.684. The second-order valence-corrected chi connectivity index (χ2v) is 7.93. The fourth-order valence-corrected chi connectivity index (χ4v) is 3.88. The van der Waals surface area contributed by atoms with E-state index in [1.165, 1.54) is 5.56 Å². The van der Waals surface area contributed by atoms with Gasteiger partial charge in [-0.15, -0.1) is 0 Å². The normalized spacial score (nSPS) is 19.5. The van der Waals surface area contributed by atoms with E-state index >= 15 is 0 Å². The lowest BCUT2D eigenvalue weighted by Gasteiger charge is -2.35. The van der Waals surface area contributed by atoms with Crippen LogP contribution in [0.2, 0.25) is 0 Å². The summed E-state index contributed by atoms with van der Waals surface area (Å²) in [6.45, 7) is 7.55. The number of ether oxygens (including phenoxy) is 1. The molecule has 1 aliphatic heterocycles. The van der Waals surface area contributed by atoms with Crippen LogP contribution in [-0.4, -0.2) is 45.9 Å². The summed E-state index contributed by atoms with van der Waals surface area (Å²) in [4.78, 5) is 14.9. The van der Waals surface area contributed by atoms with Gasteiger partial charge < -0.3 is 10.1 Å². The van der Waals surface area contributed by atoms with Gasteiger partial charge >= 0.3 is 0 Å². The highest BCUT2D eigenvalue weighted by Crippen LogP contribution is 2.15. The monoisotopic (exact) mass is 404 g/mol. The number of morpholine rings is 1. The molecule has 1 aromatic heterocycles.